The van der Waals surface area contributed by atoms with Crippen molar-refractivity contribution in [3.63, 3.8) is 0 Å². The van der Waals surface area contributed by atoms with E-state index in [2.05, 4.69) is 243 Å². The van der Waals surface area contributed by atoms with Crippen LogP contribution in [-0.4, -0.2) is 4.57 Å². The predicted molar refractivity (Wildman–Crippen MR) is 261 cm³/mol. The number of para-hydroxylation sites is 1. The van der Waals surface area contributed by atoms with Crippen LogP contribution in [0, 0.1) is 0 Å². The summed E-state index contributed by atoms with van der Waals surface area (Å²) in [5.74, 6) is 0. The van der Waals surface area contributed by atoms with E-state index < -0.39 is 0 Å². The molecule has 0 bridgehead atoms. The summed E-state index contributed by atoms with van der Waals surface area (Å²) in [6, 6.07) is 76.4. The Hall–Kier alpha value is -7.42. The van der Waals surface area contributed by atoms with Gasteiger partial charge in [-0.3, -0.25) is 0 Å². The first-order chi connectivity index (χ1) is 30.3. The lowest BCUT2D eigenvalue weighted by Gasteiger charge is -2.32. The fourth-order valence-electron chi connectivity index (χ4n) is 10.9. The Labute approximate surface area is 364 Å². The number of fused-ring (bicyclic) bond motifs is 9. The Morgan fingerprint density at radius 3 is 1.55 bits per heavy atom. The van der Waals surface area contributed by atoms with Crippen molar-refractivity contribution in [1.29, 1.82) is 0 Å². The second-order valence-corrected chi connectivity index (χ2v) is 18.2. The monoisotopic (exact) mass is 794 g/mol. The second-order valence-electron chi connectivity index (χ2n) is 18.2. The molecule has 0 saturated heterocycles. The molecule has 0 radical (unpaired) electrons. The van der Waals surface area contributed by atoms with Crippen molar-refractivity contribution in [2.75, 3.05) is 4.90 Å². The molecule has 2 aliphatic rings. The summed E-state index contributed by atoms with van der Waals surface area (Å²) < 4.78 is 2.45. The second kappa shape index (κ2) is 13.5. The highest BCUT2D eigenvalue weighted by Crippen LogP contribution is 2.55. The average Bonchev–Trinajstić information content (AvgIpc) is 3.86. The third kappa shape index (κ3) is 5.36. The summed E-state index contributed by atoms with van der Waals surface area (Å²) in [6.07, 6.45) is 0. The molecular weight excluding hydrogens is 749 g/mol. The summed E-state index contributed by atoms with van der Waals surface area (Å²) in [5, 5.41) is 2.54. The van der Waals surface area contributed by atoms with Crippen molar-refractivity contribution in [1.82, 2.24) is 4.57 Å². The van der Waals surface area contributed by atoms with Crippen LogP contribution < -0.4 is 4.90 Å². The highest BCUT2D eigenvalue weighted by molar-refractivity contribution is 6.12. The fourth-order valence-corrected chi connectivity index (χ4v) is 10.9. The topological polar surface area (TPSA) is 8.17 Å². The van der Waals surface area contributed by atoms with E-state index in [0.29, 0.717) is 0 Å². The van der Waals surface area contributed by atoms with Crippen molar-refractivity contribution in [2.45, 2.75) is 38.5 Å². The van der Waals surface area contributed by atoms with Gasteiger partial charge in [0.2, 0.25) is 0 Å². The molecule has 0 unspecified atom stereocenters. The summed E-state index contributed by atoms with van der Waals surface area (Å²) in [4.78, 5) is 2.46. The summed E-state index contributed by atoms with van der Waals surface area (Å²) in [5.41, 5.74) is 22.5. The molecule has 2 nitrogen and oxygen atoms in total. The van der Waals surface area contributed by atoms with E-state index in [0.717, 1.165) is 11.4 Å². The van der Waals surface area contributed by atoms with Crippen LogP contribution in [0.2, 0.25) is 0 Å². The van der Waals surface area contributed by atoms with Gasteiger partial charge in [-0.15, -0.1) is 0 Å². The SMILES string of the molecule is CC1(C)c2ccccc2-c2cc3c4cc(-c5ccc(N(c6ccc(-c7ccccc7)cc6)c6cccc7c6C(C)(C)c6ccccc6-7)cc5)ccc4n(-c4ccccc4)c3cc21. The van der Waals surface area contributed by atoms with E-state index in [9.17, 15) is 0 Å². The van der Waals surface area contributed by atoms with E-state index >= 15 is 0 Å². The third-order valence-corrected chi connectivity index (χ3v) is 14.0. The minimum absolute atomic E-state index is 0.0810. The van der Waals surface area contributed by atoms with Gasteiger partial charge in [0, 0.05) is 38.7 Å². The summed E-state index contributed by atoms with van der Waals surface area (Å²) in [6.45, 7) is 9.48. The molecular formula is C60H46N2. The van der Waals surface area contributed by atoms with Crippen LogP contribution in [0.25, 0.3) is 72.0 Å². The van der Waals surface area contributed by atoms with Crippen molar-refractivity contribution >= 4 is 38.9 Å². The Kier molecular flexibility index (Phi) is 7.96. The zero-order valence-electron chi connectivity index (χ0n) is 35.5. The standard InChI is InChI=1S/C60H46N2/c1-59(2)52-23-13-12-21-47(52)49-37-51-50-36-42(30-35-55(50)62(57(51)38-54(49)59)43-18-9-6-10-19-43)41-28-33-45(34-29-41)61(44-31-26-40(27-32-44)39-16-7-5-8-17-39)56-25-15-22-48-46-20-11-14-24-53(46)60(3,4)58(48)56/h5-38H,1-4H3. The van der Waals surface area contributed by atoms with Gasteiger partial charge in [0.25, 0.3) is 0 Å². The highest BCUT2D eigenvalue weighted by atomic mass is 15.1. The normalized spacial score (nSPS) is 14.1. The first kappa shape index (κ1) is 36.4. The largest absolute Gasteiger partial charge is 0.310 e. The van der Waals surface area contributed by atoms with Crippen LogP contribution in [0.3, 0.4) is 0 Å². The predicted octanol–water partition coefficient (Wildman–Crippen LogP) is 16.2. The van der Waals surface area contributed by atoms with E-state index in [1.807, 2.05) is 0 Å². The van der Waals surface area contributed by atoms with Crippen LogP contribution in [0.5, 0.6) is 0 Å². The minimum Gasteiger partial charge on any atom is -0.310 e. The number of anilines is 3. The number of hydrogen-bond acceptors (Lipinski definition) is 1. The minimum atomic E-state index is -0.170. The van der Waals surface area contributed by atoms with Crippen LogP contribution in [0.4, 0.5) is 17.1 Å². The molecule has 62 heavy (non-hydrogen) atoms. The molecule has 2 heteroatoms. The maximum Gasteiger partial charge on any atom is 0.0544 e. The molecule has 0 spiro atoms. The number of benzene rings is 9. The zero-order valence-corrected chi connectivity index (χ0v) is 35.5. The molecule has 0 saturated carbocycles. The number of aromatic nitrogens is 1. The van der Waals surface area contributed by atoms with Gasteiger partial charge < -0.3 is 9.47 Å². The van der Waals surface area contributed by atoms with Gasteiger partial charge in [0.05, 0.1) is 16.7 Å². The number of nitrogens with zero attached hydrogens (tertiary/aromatic N) is 2. The summed E-state index contributed by atoms with van der Waals surface area (Å²) >= 11 is 0. The first-order valence-electron chi connectivity index (χ1n) is 21.8. The average molecular weight is 795 g/mol. The van der Waals surface area contributed by atoms with E-state index in [1.165, 1.54) is 99.9 Å². The van der Waals surface area contributed by atoms with Crippen molar-refractivity contribution < 1.29 is 0 Å². The molecule has 0 aliphatic heterocycles. The van der Waals surface area contributed by atoms with Crippen LogP contribution in [0.1, 0.15) is 49.9 Å². The Morgan fingerprint density at radius 2 is 0.871 bits per heavy atom. The molecule has 12 rings (SSSR count). The van der Waals surface area contributed by atoms with Gasteiger partial charge in [0.1, 0.15) is 0 Å². The summed E-state index contributed by atoms with van der Waals surface area (Å²) in [7, 11) is 0. The molecule has 9 aromatic carbocycles. The molecule has 0 amide bonds. The smallest absolute Gasteiger partial charge is 0.0544 e. The first-order valence-corrected chi connectivity index (χ1v) is 21.8. The van der Waals surface area contributed by atoms with E-state index in [1.54, 1.807) is 0 Å². The van der Waals surface area contributed by atoms with Gasteiger partial charge in [-0.05, 0) is 133 Å². The van der Waals surface area contributed by atoms with Gasteiger partial charge in [-0.25, -0.2) is 0 Å². The molecule has 0 atom stereocenters. The van der Waals surface area contributed by atoms with Crippen molar-refractivity contribution in [2.24, 2.45) is 0 Å². The zero-order chi connectivity index (χ0) is 41.7. The molecule has 0 N–H and O–H groups in total. The van der Waals surface area contributed by atoms with Crippen molar-refractivity contribution in [3.05, 3.63) is 229 Å². The Balaban J connectivity index is 1.00. The van der Waals surface area contributed by atoms with Gasteiger partial charge in [0.15, 0.2) is 0 Å². The quantitative estimate of drug-likeness (QED) is 0.163. The molecule has 10 aromatic rings. The van der Waals surface area contributed by atoms with Gasteiger partial charge in [-0.1, -0.05) is 167 Å². The molecule has 1 aromatic heterocycles. The number of hydrogen-bond donors (Lipinski definition) is 0. The molecule has 296 valence electrons. The van der Waals surface area contributed by atoms with Crippen LogP contribution in [-0.2, 0) is 10.8 Å². The fraction of sp³-hybridized carbons (Fsp3) is 0.100. The van der Waals surface area contributed by atoms with Crippen LogP contribution in [0.15, 0.2) is 206 Å². The number of rotatable bonds is 6. The van der Waals surface area contributed by atoms with Crippen molar-refractivity contribution in [3.8, 4) is 50.2 Å². The van der Waals surface area contributed by atoms with E-state index in [-0.39, 0.29) is 10.8 Å². The molecule has 1 heterocycles. The maximum atomic E-state index is 2.47. The maximum absolute atomic E-state index is 2.47. The van der Waals surface area contributed by atoms with Crippen LogP contribution >= 0.6 is 0 Å². The lowest BCUT2D eigenvalue weighted by Crippen LogP contribution is -2.20. The lowest BCUT2D eigenvalue weighted by molar-refractivity contribution is 0.660. The molecule has 2 aliphatic carbocycles. The van der Waals surface area contributed by atoms with Gasteiger partial charge >= 0.3 is 0 Å². The lowest BCUT2D eigenvalue weighted by atomic mass is 9.81. The highest BCUT2D eigenvalue weighted by Gasteiger charge is 2.39. The Bertz CT molecular complexity index is 3370. The Morgan fingerprint density at radius 1 is 0.355 bits per heavy atom. The molecule has 0 fully saturated rings. The third-order valence-electron chi connectivity index (χ3n) is 14.0. The van der Waals surface area contributed by atoms with E-state index in [4.69, 9.17) is 0 Å². The van der Waals surface area contributed by atoms with Gasteiger partial charge in [-0.2, -0.15) is 0 Å².